The SMILES string of the molecule is COC1CCN(c2cc(C(N)=S)cc(C)n2)C1. The molecular formula is C12H17N3OS. The fourth-order valence-corrected chi connectivity index (χ4v) is 2.20. The molecule has 0 amide bonds. The summed E-state index contributed by atoms with van der Waals surface area (Å²) in [7, 11) is 1.75. The average Bonchev–Trinajstić information content (AvgIpc) is 2.76. The number of nitrogens with two attached hydrogens (primary N) is 1. The van der Waals surface area contributed by atoms with Crippen molar-refractivity contribution in [3.8, 4) is 0 Å². The van der Waals surface area contributed by atoms with E-state index in [0.29, 0.717) is 11.1 Å². The second-order valence-corrected chi connectivity index (χ2v) is 4.75. The van der Waals surface area contributed by atoms with Crippen LogP contribution in [0, 0.1) is 6.92 Å². The summed E-state index contributed by atoms with van der Waals surface area (Å²) in [6, 6.07) is 3.86. The molecule has 0 aliphatic carbocycles. The Hall–Kier alpha value is -1.20. The molecule has 1 aliphatic rings. The van der Waals surface area contributed by atoms with Crippen LogP contribution in [0.2, 0.25) is 0 Å². The summed E-state index contributed by atoms with van der Waals surface area (Å²) >= 11 is 5.01. The summed E-state index contributed by atoms with van der Waals surface area (Å²) in [4.78, 5) is 7.15. The third kappa shape index (κ3) is 2.73. The molecule has 92 valence electrons. The van der Waals surface area contributed by atoms with E-state index in [9.17, 15) is 0 Å². The number of ether oxygens (including phenoxy) is 1. The van der Waals surface area contributed by atoms with E-state index in [1.807, 2.05) is 19.1 Å². The number of aryl methyl sites for hydroxylation is 1. The normalized spacial score (nSPS) is 19.6. The van der Waals surface area contributed by atoms with E-state index in [1.54, 1.807) is 7.11 Å². The monoisotopic (exact) mass is 251 g/mol. The Bertz CT molecular complexity index is 436. The molecule has 1 fully saturated rings. The Morgan fingerprint density at radius 1 is 1.59 bits per heavy atom. The summed E-state index contributed by atoms with van der Waals surface area (Å²) in [6.07, 6.45) is 1.33. The van der Waals surface area contributed by atoms with Gasteiger partial charge in [0.1, 0.15) is 10.8 Å². The minimum Gasteiger partial charge on any atom is -0.389 e. The molecule has 5 heteroatoms. The van der Waals surface area contributed by atoms with Crippen molar-refractivity contribution in [1.29, 1.82) is 0 Å². The Balaban J connectivity index is 2.24. The van der Waals surface area contributed by atoms with Crippen LogP contribution in [0.4, 0.5) is 5.82 Å². The number of hydrogen-bond donors (Lipinski definition) is 1. The molecule has 0 spiro atoms. The van der Waals surface area contributed by atoms with Gasteiger partial charge < -0.3 is 15.4 Å². The molecule has 1 aliphatic heterocycles. The van der Waals surface area contributed by atoms with Gasteiger partial charge >= 0.3 is 0 Å². The quantitative estimate of drug-likeness (QED) is 0.819. The molecule has 1 atom stereocenters. The predicted octanol–water partition coefficient (Wildman–Crippen LogP) is 1.25. The summed E-state index contributed by atoms with van der Waals surface area (Å²) in [5, 5.41) is 0. The van der Waals surface area contributed by atoms with Crippen molar-refractivity contribution in [2.45, 2.75) is 19.4 Å². The van der Waals surface area contributed by atoms with E-state index in [1.165, 1.54) is 0 Å². The van der Waals surface area contributed by atoms with Crippen molar-refractivity contribution in [1.82, 2.24) is 4.98 Å². The summed E-state index contributed by atoms with van der Waals surface area (Å²) in [6.45, 7) is 3.80. The average molecular weight is 251 g/mol. The highest BCUT2D eigenvalue weighted by molar-refractivity contribution is 7.80. The lowest BCUT2D eigenvalue weighted by Gasteiger charge is -2.18. The Morgan fingerprint density at radius 2 is 2.35 bits per heavy atom. The van der Waals surface area contributed by atoms with Crippen molar-refractivity contribution >= 4 is 23.0 Å². The van der Waals surface area contributed by atoms with Crippen LogP contribution in [0.3, 0.4) is 0 Å². The maximum atomic E-state index is 5.66. The summed E-state index contributed by atoms with van der Waals surface area (Å²) < 4.78 is 5.35. The van der Waals surface area contributed by atoms with Crippen LogP contribution in [0.15, 0.2) is 12.1 Å². The predicted molar refractivity (Wildman–Crippen MR) is 72.5 cm³/mol. The van der Waals surface area contributed by atoms with Gasteiger partial charge in [-0.05, 0) is 25.5 Å². The molecule has 0 saturated carbocycles. The van der Waals surface area contributed by atoms with Gasteiger partial charge in [0.25, 0.3) is 0 Å². The number of aromatic nitrogens is 1. The molecule has 17 heavy (non-hydrogen) atoms. The van der Waals surface area contributed by atoms with E-state index >= 15 is 0 Å². The topological polar surface area (TPSA) is 51.4 Å². The van der Waals surface area contributed by atoms with Gasteiger partial charge in [0.05, 0.1) is 6.10 Å². The highest BCUT2D eigenvalue weighted by atomic mass is 32.1. The highest BCUT2D eigenvalue weighted by Gasteiger charge is 2.23. The van der Waals surface area contributed by atoms with Gasteiger partial charge in [0.15, 0.2) is 0 Å². The molecule has 1 saturated heterocycles. The number of nitrogens with zero attached hydrogens (tertiary/aromatic N) is 2. The van der Waals surface area contributed by atoms with E-state index < -0.39 is 0 Å². The standard InChI is InChI=1S/C12H17N3OS/c1-8-5-9(12(13)17)6-11(14-8)15-4-3-10(7-15)16-2/h5-6,10H,3-4,7H2,1-2H3,(H2,13,17). The van der Waals surface area contributed by atoms with Crippen LogP contribution in [-0.4, -0.2) is 36.3 Å². The number of pyridine rings is 1. The first-order valence-electron chi connectivity index (χ1n) is 5.66. The van der Waals surface area contributed by atoms with E-state index in [2.05, 4.69) is 9.88 Å². The van der Waals surface area contributed by atoms with E-state index in [0.717, 1.165) is 36.6 Å². The lowest BCUT2D eigenvalue weighted by Crippen LogP contribution is -2.24. The fourth-order valence-electron chi connectivity index (χ4n) is 2.08. The smallest absolute Gasteiger partial charge is 0.129 e. The third-order valence-electron chi connectivity index (χ3n) is 3.03. The van der Waals surface area contributed by atoms with Gasteiger partial charge in [-0.15, -0.1) is 0 Å². The molecule has 2 N–H and O–H groups in total. The zero-order chi connectivity index (χ0) is 12.4. The molecule has 1 unspecified atom stereocenters. The zero-order valence-corrected chi connectivity index (χ0v) is 11.0. The van der Waals surface area contributed by atoms with Crippen molar-refractivity contribution in [3.63, 3.8) is 0 Å². The maximum Gasteiger partial charge on any atom is 0.129 e. The van der Waals surface area contributed by atoms with E-state index in [4.69, 9.17) is 22.7 Å². The molecule has 2 heterocycles. The minimum absolute atomic E-state index is 0.297. The van der Waals surface area contributed by atoms with Gasteiger partial charge in [-0.3, -0.25) is 0 Å². The van der Waals surface area contributed by atoms with Crippen molar-refractivity contribution in [3.05, 3.63) is 23.4 Å². The molecular weight excluding hydrogens is 234 g/mol. The summed E-state index contributed by atoms with van der Waals surface area (Å²) in [5.74, 6) is 0.937. The number of hydrogen-bond acceptors (Lipinski definition) is 4. The Morgan fingerprint density at radius 3 is 2.94 bits per heavy atom. The molecule has 2 rings (SSSR count). The Labute approximate surface area is 107 Å². The largest absolute Gasteiger partial charge is 0.389 e. The van der Waals surface area contributed by atoms with Gasteiger partial charge in [-0.25, -0.2) is 4.98 Å². The first kappa shape index (κ1) is 12.3. The van der Waals surface area contributed by atoms with Gasteiger partial charge in [0.2, 0.25) is 0 Å². The highest BCUT2D eigenvalue weighted by Crippen LogP contribution is 2.21. The molecule has 0 bridgehead atoms. The molecule has 0 radical (unpaired) electrons. The second-order valence-electron chi connectivity index (χ2n) is 4.31. The van der Waals surface area contributed by atoms with Crippen LogP contribution in [-0.2, 0) is 4.74 Å². The van der Waals surface area contributed by atoms with Crippen LogP contribution in [0.1, 0.15) is 17.7 Å². The van der Waals surface area contributed by atoms with Crippen LogP contribution in [0.5, 0.6) is 0 Å². The first-order chi connectivity index (χ1) is 8.10. The zero-order valence-electron chi connectivity index (χ0n) is 10.1. The summed E-state index contributed by atoms with van der Waals surface area (Å²) in [5.41, 5.74) is 7.48. The van der Waals surface area contributed by atoms with Gasteiger partial charge in [0, 0.05) is 31.5 Å². The van der Waals surface area contributed by atoms with Crippen LogP contribution >= 0.6 is 12.2 Å². The molecule has 1 aromatic rings. The lowest BCUT2D eigenvalue weighted by atomic mass is 10.2. The Kier molecular flexibility index (Phi) is 3.59. The third-order valence-corrected chi connectivity index (χ3v) is 3.26. The maximum absolute atomic E-state index is 5.66. The molecule has 1 aromatic heterocycles. The number of anilines is 1. The van der Waals surface area contributed by atoms with Crippen LogP contribution < -0.4 is 10.6 Å². The van der Waals surface area contributed by atoms with Crippen LogP contribution in [0.25, 0.3) is 0 Å². The minimum atomic E-state index is 0.297. The van der Waals surface area contributed by atoms with Gasteiger partial charge in [-0.2, -0.15) is 0 Å². The second kappa shape index (κ2) is 4.98. The number of methoxy groups -OCH3 is 1. The van der Waals surface area contributed by atoms with Gasteiger partial charge in [-0.1, -0.05) is 12.2 Å². The van der Waals surface area contributed by atoms with Crippen molar-refractivity contribution < 1.29 is 4.74 Å². The van der Waals surface area contributed by atoms with Crippen molar-refractivity contribution in [2.75, 3.05) is 25.1 Å². The van der Waals surface area contributed by atoms with E-state index in [-0.39, 0.29) is 0 Å². The fraction of sp³-hybridized carbons (Fsp3) is 0.500. The van der Waals surface area contributed by atoms with Crippen molar-refractivity contribution in [2.24, 2.45) is 5.73 Å². The molecule has 4 nitrogen and oxygen atoms in total. The number of thiocarbonyl (C=S) groups is 1. The lowest BCUT2D eigenvalue weighted by molar-refractivity contribution is 0.121. The first-order valence-corrected chi connectivity index (χ1v) is 6.07. The molecule has 0 aromatic carbocycles. The number of rotatable bonds is 3.